The number of carboxylic acid groups (broad SMARTS) is 1. The van der Waals surface area contributed by atoms with Crippen LogP contribution in [-0.2, 0) is 9.59 Å². The van der Waals surface area contributed by atoms with Gasteiger partial charge in [0.25, 0.3) is 0 Å². The van der Waals surface area contributed by atoms with Crippen LogP contribution >= 0.6 is 0 Å². The number of rotatable bonds is 11. The fourth-order valence-corrected chi connectivity index (χ4v) is 3.59. The van der Waals surface area contributed by atoms with E-state index >= 15 is 0 Å². The summed E-state index contributed by atoms with van der Waals surface area (Å²) in [5.41, 5.74) is -0.158. The van der Waals surface area contributed by atoms with Crippen LogP contribution in [0.2, 0.25) is 0 Å². The largest absolute Gasteiger partial charge is 0.481 e. The maximum atomic E-state index is 11.9. The number of ketones is 1. The van der Waals surface area contributed by atoms with Gasteiger partial charge in [0.15, 0.2) is 0 Å². The van der Waals surface area contributed by atoms with E-state index in [4.69, 9.17) is 5.11 Å². The van der Waals surface area contributed by atoms with Gasteiger partial charge in [-0.05, 0) is 30.6 Å². The molecule has 0 aromatic rings. The molecule has 1 saturated carbocycles. The Kier molecular flexibility index (Phi) is 8.68. The lowest BCUT2D eigenvalue weighted by Crippen LogP contribution is -2.30. The fourth-order valence-electron chi connectivity index (χ4n) is 3.59. The van der Waals surface area contributed by atoms with Crippen LogP contribution in [0.3, 0.4) is 0 Å². The number of Topliss-reactive ketones (excluding diaryl/α,β-unsaturated/α-hetero) is 1. The van der Waals surface area contributed by atoms with E-state index in [1.165, 1.54) is 19.3 Å². The van der Waals surface area contributed by atoms with E-state index in [-0.39, 0.29) is 23.5 Å². The van der Waals surface area contributed by atoms with E-state index < -0.39 is 18.0 Å². The first-order valence-corrected chi connectivity index (χ1v) is 9.45. The van der Waals surface area contributed by atoms with Gasteiger partial charge in [-0.1, -0.05) is 58.6 Å². The summed E-state index contributed by atoms with van der Waals surface area (Å²) in [5, 5.41) is 19.6. The molecule has 0 aromatic heterocycles. The first kappa shape index (κ1) is 20.9. The highest BCUT2D eigenvalue weighted by Crippen LogP contribution is 2.36. The van der Waals surface area contributed by atoms with E-state index in [9.17, 15) is 14.7 Å². The summed E-state index contributed by atoms with van der Waals surface area (Å²) in [4.78, 5) is 22.8. The number of unbranched alkanes of at least 4 members (excludes halogenated alkanes) is 3. The van der Waals surface area contributed by atoms with Crippen LogP contribution in [0, 0.1) is 17.3 Å². The monoisotopic (exact) mass is 338 g/mol. The van der Waals surface area contributed by atoms with Gasteiger partial charge in [-0.25, -0.2) is 0 Å². The van der Waals surface area contributed by atoms with Crippen molar-refractivity contribution in [2.45, 2.75) is 84.7 Å². The molecule has 4 atom stereocenters. The van der Waals surface area contributed by atoms with Gasteiger partial charge in [-0.15, -0.1) is 0 Å². The zero-order valence-corrected chi connectivity index (χ0v) is 15.5. The smallest absolute Gasteiger partial charge is 0.304 e. The molecule has 0 radical (unpaired) electrons. The van der Waals surface area contributed by atoms with Crippen molar-refractivity contribution in [3.8, 4) is 0 Å². The molecule has 1 fully saturated rings. The summed E-state index contributed by atoms with van der Waals surface area (Å²) in [6.07, 6.45) is 10.8. The van der Waals surface area contributed by atoms with Gasteiger partial charge in [-0.2, -0.15) is 0 Å². The summed E-state index contributed by atoms with van der Waals surface area (Å²) in [6.45, 7) is 6.40. The molecule has 0 aromatic carbocycles. The van der Waals surface area contributed by atoms with Crippen LogP contribution < -0.4 is 0 Å². The number of aliphatic hydroxyl groups excluding tert-OH is 1. The van der Waals surface area contributed by atoms with Crippen LogP contribution in [-0.4, -0.2) is 28.1 Å². The van der Waals surface area contributed by atoms with Crippen molar-refractivity contribution in [1.82, 2.24) is 0 Å². The second kappa shape index (κ2) is 9.97. The van der Waals surface area contributed by atoms with Gasteiger partial charge in [0.2, 0.25) is 0 Å². The third kappa shape index (κ3) is 6.04. The standard InChI is InChI=1S/C20H34O4/c1-4-6-7-8-13-20(3,5-2)18(22)12-10-15-9-11-17(21)16(15)14-19(23)24/h10,12,15-16,18,22H,4-9,11,13-14H2,1-3H3,(H,23,24)/t15-,16-,18?,20?/m0/s1. The van der Waals surface area contributed by atoms with Gasteiger partial charge in [0.1, 0.15) is 5.78 Å². The molecule has 138 valence electrons. The van der Waals surface area contributed by atoms with Crippen LogP contribution in [0.1, 0.15) is 78.6 Å². The van der Waals surface area contributed by atoms with E-state index in [2.05, 4.69) is 20.8 Å². The maximum absolute atomic E-state index is 11.9. The van der Waals surface area contributed by atoms with Crippen LogP contribution in [0.5, 0.6) is 0 Å². The molecule has 1 aliphatic carbocycles. The van der Waals surface area contributed by atoms with E-state index in [0.717, 1.165) is 19.3 Å². The Morgan fingerprint density at radius 3 is 2.62 bits per heavy atom. The zero-order chi connectivity index (χ0) is 18.2. The summed E-state index contributed by atoms with van der Waals surface area (Å²) in [5.74, 6) is -1.37. The Morgan fingerprint density at radius 1 is 1.33 bits per heavy atom. The van der Waals surface area contributed by atoms with Gasteiger partial charge >= 0.3 is 5.97 Å². The van der Waals surface area contributed by atoms with E-state index in [1.807, 2.05) is 6.08 Å². The maximum Gasteiger partial charge on any atom is 0.304 e. The van der Waals surface area contributed by atoms with Crippen molar-refractivity contribution >= 4 is 11.8 Å². The number of carboxylic acids is 1. The number of allylic oxidation sites excluding steroid dienone is 1. The molecule has 2 unspecified atom stereocenters. The molecular weight excluding hydrogens is 304 g/mol. The summed E-state index contributed by atoms with van der Waals surface area (Å²) < 4.78 is 0. The van der Waals surface area contributed by atoms with Gasteiger partial charge in [0.05, 0.1) is 12.5 Å². The topological polar surface area (TPSA) is 74.6 Å². The fraction of sp³-hybridized carbons (Fsp3) is 0.800. The van der Waals surface area contributed by atoms with Crippen LogP contribution in [0.15, 0.2) is 12.2 Å². The Balaban J connectivity index is 2.65. The molecule has 0 saturated heterocycles. The van der Waals surface area contributed by atoms with Crippen molar-refractivity contribution in [3.63, 3.8) is 0 Å². The minimum absolute atomic E-state index is 0.0411. The highest BCUT2D eigenvalue weighted by molar-refractivity contribution is 5.87. The third-order valence-corrected chi connectivity index (χ3v) is 5.71. The minimum Gasteiger partial charge on any atom is -0.481 e. The summed E-state index contributed by atoms with van der Waals surface area (Å²) >= 11 is 0. The molecule has 1 rings (SSSR count). The average Bonchev–Trinajstić information content (AvgIpc) is 2.88. The predicted octanol–water partition coefficient (Wildman–Crippen LogP) is 4.36. The molecule has 4 heteroatoms. The zero-order valence-electron chi connectivity index (χ0n) is 15.5. The van der Waals surface area contributed by atoms with Gasteiger partial charge in [-0.3, -0.25) is 9.59 Å². The number of hydrogen-bond acceptors (Lipinski definition) is 3. The molecule has 0 amide bonds. The number of hydrogen-bond donors (Lipinski definition) is 2. The lowest BCUT2D eigenvalue weighted by molar-refractivity contribution is -0.140. The van der Waals surface area contributed by atoms with E-state index in [0.29, 0.717) is 12.8 Å². The molecule has 4 nitrogen and oxygen atoms in total. The highest BCUT2D eigenvalue weighted by Gasteiger charge is 2.35. The minimum atomic E-state index is -0.927. The number of aliphatic hydroxyl groups is 1. The van der Waals surface area contributed by atoms with Gasteiger partial charge < -0.3 is 10.2 Å². The predicted molar refractivity (Wildman–Crippen MR) is 95.8 cm³/mol. The van der Waals surface area contributed by atoms with Crippen molar-refractivity contribution in [3.05, 3.63) is 12.2 Å². The van der Waals surface area contributed by atoms with Gasteiger partial charge in [0, 0.05) is 12.3 Å². The highest BCUT2D eigenvalue weighted by atomic mass is 16.4. The van der Waals surface area contributed by atoms with Crippen LogP contribution in [0.4, 0.5) is 0 Å². The van der Waals surface area contributed by atoms with Crippen molar-refractivity contribution in [2.75, 3.05) is 0 Å². The Labute approximate surface area is 146 Å². The van der Waals surface area contributed by atoms with Crippen molar-refractivity contribution in [1.29, 1.82) is 0 Å². The molecule has 24 heavy (non-hydrogen) atoms. The summed E-state index contributed by atoms with van der Waals surface area (Å²) in [7, 11) is 0. The lowest BCUT2D eigenvalue weighted by Gasteiger charge is -2.32. The Hall–Kier alpha value is -1.16. The SMILES string of the molecule is CCCCCCC(C)(CC)C(O)C=C[C@@H]1CCC(=O)[C@H]1CC(=O)O. The normalized spacial score (nSPS) is 25.1. The summed E-state index contributed by atoms with van der Waals surface area (Å²) in [6, 6.07) is 0. The second-order valence-electron chi connectivity index (χ2n) is 7.52. The van der Waals surface area contributed by atoms with Crippen LogP contribution in [0.25, 0.3) is 0 Å². The Bertz CT molecular complexity index is 443. The lowest BCUT2D eigenvalue weighted by atomic mass is 9.76. The van der Waals surface area contributed by atoms with Crippen molar-refractivity contribution in [2.24, 2.45) is 17.3 Å². The van der Waals surface area contributed by atoms with E-state index in [1.54, 1.807) is 6.08 Å². The van der Waals surface area contributed by atoms with Crippen molar-refractivity contribution < 1.29 is 19.8 Å². The molecule has 1 aliphatic rings. The Morgan fingerprint density at radius 2 is 2.04 bits per heavy atom. The average molecular weight is 338 g/mol. The first-order chi connectivity index (χ1) is 11.3. The number of carbonyl (C=O) groups excluding carboxylic acids is 1. The molecule has 0 heterocycles. The first-order valence-electron chi connectivity index (χ1n) is 9.45. The molecule has 0 aliphatic heterocycles. The molecule has 0 spiro atoms. The second-order valence-corrected chi connectivity index (χ2v) is 7.52. The molecule has 0 bridgehead atoms. The molecule has 2 N–H and O–H groups in total. The third-order valence-electron chi connectivity index (χ3n) is 5.71. The number of carbonyl (C=O) groups is 2. The number of aliphatic carboxylic acids is 1. The quantitative estimate of drug-likeness (QED) is 0.433. The molecular formula is C20H34O4.